The summed E-state index contributed by atoms with van der Waals surface area (Å²) in [5.74, 6) is -0.379. The number of aryl methyl sites for hydroxylation is 1. The van der Waals surface area contributed by atoms with Crippen LogP contribution in [0.1, 0.15) is 11.1 Å². The molecule has 21 heavy (non-hydrogen) atoms. The van der Waals surface area contributed by atoms with Crippen molar-refractivity contribution in [1.29, 1.82) is 0 Å². The number of carbonyl (C=O) groups excluding carboxylic acids is 1. The Balaban J connectivity index is 1.95. The number of urea groups is 1. The zero-order valence-electron chi connectivity index (χ0n) is 11.4. The molecule has 3 N–H and O–H groups in total. The number of benzene rings is 2. The topological polar surface area (TPSA) is 61.4 Å². The maximum absolute atomic E-state index is 13.3. The average Bonchev–Trinajstić information content (AvgIpc) is 2.44. The lowest BCUT2D eigenvalue weighted by Gasteiger charge is -2.07. The fourth-order valence-electron chi connectivity index (χ4n) is 1.72. The predicted octanol–water partition coefficient (Wildman–Crippen LogP) is 3.63. The molecule has 0 aromatic heterocycles. The summed E-state index contributed by atoms with van der Waals surface area (Å²) in [7, 11) is 0. The molecule has 4 nitrogen and oxygen atoms in total. The highest BCUT2D eigenvalue weighted by Gasteiger charge is 2.04. The van der Waals surface area contributed by atoms with Gasteiger partial charge in [0.15, 0.2) is 0 Å². The van der Waals surface area contributed by atoms with Gasteiger partial charge in [0.25, 0.3) is 0 Å². The van der Waals surface area contributed by atoms with Crippen LogP contribution in [0, 0.1) is 12.7 Å². The largest absolute Gasteiger partial charge is 0.506 e. The van der Waals surface area contributed by atoms with E-state index in [9.17, 15) is 14.3 Å². The van der Waals surface area contributed by atoms with Crippen LogP contribution in [0.3, 0.4) is 0 Å². The zero-order chi connectivity index (χ0) is 15.2. The van der Waals surface area contributed by atoms with Crippen molar-refractivity contribution in [3.63, 3.8) is 0 Å². The van der Waals surface area contributed by atoms with Crippen molar-refractivity contribution in [3.8, 4) is 5.75 Å². The van der Waals surface area contributed by atoms with Crippen molar-refractivity contribution in [3.05, 3.63) is 65.6 Å². The van der Waals surface area contributed by atoms with Crippen LogP contribution in [0.4, 0.5) is 14.9 Å². The Bertz CT molecular complexity index is 684. The van der Waals surface area contributed by atoms with E-state index in [0.29, 0.717) is 11.3 Å². The molecule has 2 rings (SSSR count). The van der Waals surface area contributed by atoms with E-state index in [0.717, 1.165) is 5.56 Å². The molecule has 0 fully saturated rings. The van der Waals surface area contributed by atoms with E-state index < -0.39 is 6.03 Å². The lowest BCUT2D eigenvalue weighted by Crippen LogP contribution is -2.23. The first-order valence-electron chi connectivity index (χ1n) is 6.34. The number of aromatic hydroxyl groups is 1. The Morgan fingerprint density at radius 1 is 1.24 bits per heavy atom. The summed E-state index contributed by atoms with van der Waals surface area (Å²) in [6.45, 7) is 1.83. The number of halogens is 1. The van der Waals surface area contributed by atoms with Crippen LogP contribution in [0.15, 0.2) is 48.7 Å². The normalized spacial score (nSPS) is 10.6. The SMILES string of the molecule is Cc1ccc(NC(=O)N/C=C/c2ccccc2F)c(O)c1. The molecule has 0 aliphatic carbocycles. The van der Waals surface area contributed by atoms with Gasteiger partial charge in [-0.3, -0.25) is 0 Å². The third-order valence-corrected chi connectivity index (χ3v) is 2.78. The summed E-state index contributed by atoms with van der Waals surface area (Å²) in [6.07, 6.45) is 2.78. The first-order chi connectivity index (χ1) is 10.1. The van der Waals surface area contributed by atoms with E-state index >= 15 is 0 Å². The zero-order valence-corrected chi connectivity index (χ0v) is 11.4. The first-order valence-corrected chi connectivity index (χ1v) is 6.34. The summed E-state index contributed by atoms with van der Waals surface area (Å²) < 4.78 is 13.3. The lowest BCUT2D eigenvalue weighted by molar-refractivity contribution is 0.255. The van der Waals surface area contributed by atoms with E-state index in [4.69, 9.17) is 0 Å². The number of anilines is 1. The number of phenolic OH excluding ortho intramolecular Hbond substituents is 1. The van der Waals surface area contributed by atoms with Gasteiger partial charge in [-0.2, -0.15) is 0 Å². The van der Waals surface area contributed by atoms with Gasteiger partial charge >= 0.3 is 6.03 Å². The van der Waals surface area contributed by atoms with Crippen LogP contribution in [0.2, 0.25) is 0 Å². The summed E-state index contributed by atoms with van der Waals surface area (Å²) in [6, 6.07) is 10.6. The number of rotatable bonds is 3. The van der Waals surface area contributed by atoms with Gasteiger partial charge in [0.1, 0.15) is 11.6 Å². The van der Waals surface area contributed by atoms with E-state index in [-0.39, 0.29) is 11.6 Å². The first kappa shape index (κ1) is 14.6. The van der Waals surface area contributed by atoms with E-state index in [2.05, 4.69) is 10.6 Å². The Labute approximate surface area is 121 Å². The second kappa shape index (κ2) is 6.56. The van der Waals surface area contributed by atoms with Gasteiger partial charge in [-0.25, -0.2) is 9.18 Å². The second-order valence-electron chi connectivity index (χ2n) is 4.47. The van der Waals surface area contributed by atoms with Crippen molar-refractivity contribution in [2.45, 2.75) is 6.92 Å². The number of amides is 2. The minimum atomic E-state index is -0.526. The summed E-state index contributed by atoms with van der Waals surface area (Å²) >= 11 is 0. The van der Waals surface area contributed by atoms with Gasteiger partial charge < -0.3 is 15.7 Å². The van der Waals surface area contributed by atoms with Crippen LogP contribution < -0.4 is 10.6 Å². The Morgan fingerprint density at radius 2 is 2.00 bits per heavy atom. The van der Waals surface area contributed by atoms with Crippen molar-refractivity contribution in [2.75, 3.05) is 5.32 Å². The fourth-order valence-corrected chi connectivity index (χ4v) is 1.72. The molecule has 0 aliphatic heterocycles. The third-order valence-electron chi connectivity index (χ3n) is 2.78. The maximum atomic E-state index is 13.3. The molecule has 0 aliphatic rings. The average molecular weight is 286 g/mol. The highest BCUT2D eigenvalue weighted by atomic mass is 19.1. The van der Waals surface area contributed by atoms with Gasteiger partial charge in [0.2, 0.25) is 0 Å². The molecular weight excluding hydrogens is 271 g/mol. The number of hydrogen-bond acceptors (Lipinski definition) is 2. The number of nitrogens with one attached hydrogen (secondary N) is 2. The van der Waals surface area contributed by atoms with E-state index in [1.165, 1.54) is 18.3 Å². The molecule has 5 heteroatoms. The van der Waals surface area contributed by atoms with Crippen molar-refractivity contribution in [1.82, 2.24) is 5.32 Å². The molecule has 0 heterocycles. The van der Waals surface area contributed by atoms with Gasteiger partial charge in [-0.15, -0.1) is 0 Å². The molecule has 2 aromatic rings. The number of phenols is 1. The lowest BCUT2D eigenvalue weighted by atomic mass is 10.2. The molecule has 0 saturated carbocycles. The van der Waals surface area contributed by atoms with Crippen LogP contribution in [-0.4, -0.2) is 11.1 Å². The molecule has 108 valence electrons. The van der Waals surface area contributed by atoms with Gasteiger partial charge in [-0.1, -0.05) is 24.3 Å². The third kappa shape index (κ3) is 4.07. The van der Waals surface area contributed by atoms with E-state index in [1.807, 2.05) is 6.92 Å². The summed E-state index contributed by atoms with van der Waals surface area (Å²) in [5, 5.41) is 14.6. The molecule has 0 bridgehead atoms. The molecule has 0 radical (unpaired) electrons. The summed E-state index contributed by atoms with van der Waals surface area (Å²) in [5.41, 5.74) is 1.56. The van der Waals surface area contributed by atoms with Crippen LogP contribution >= 0.6 is 0 Å². The Hall–Kier alpha value is -2.82. The molecule has 2 amide bonds. The van der Waals surface area contributed by atoms with Crippen LogP contribution in [0.5, 0.6) is 5.75 Å². The minimum Gasteiger partial charge on any atom is -0.506 e. The summed E-state index contributed by atoms with van der Waals surface area (Å²) in [4.78, 5) is 11.6. The highest BCUT2D eigenvalue weighted by Crippen LogP contribution is 2.23. The van der Waals surface area contributed by atoms with Crippen LogP contribution in [-0.2, 0) is 0 Å². The maximum Gasteiger partial charge on any atom is 0.323 e. The van der Waals surface area contributed by atoms with Gasteiger partial charge in [0.05, 0.1) is 5.69 Å². The minimum absolute atomic E-state index is 0.0109. The predicted molar refractivity (Wildman–Crippen MR) is 80.4 cm³/mol. The standard InChI is InChI=1S/C16H15FN2O2/c1-11-6-7-14(15(20)10-11)19-16(21)18-9-8-12-4-2-3-5-13(12)17/h2-10,20H,1H3,(H2,18,19,21)/b9-8+. The van der Waals surface area contributed by atoms with E-state index in [1.54, 1.807) is 36.4 Å². The smallest absolute Gasteiger partial charge is 0.323 e. The fraction of sp³-hybridized carbons (Fsp3) is 0.0625. The van der Waals surface area contributed by atoms with Crippen molar-refractivity contribution in [2.24, 2.45) is 0 Å². The molecule has 0 saturated heterocycles. The van der Waals surface area contributed by atoms with Crippen molar-refractivity contribution < 1.29 is 14.3 Å². The number of carbonyl (C=O) groups is 1. The van der Waals surface area contributed by atoms with Gasteiger partial charge in [0, 0.05) is 11.8 Å². The monoisotopic (exact) mass is 286 g/mol. The van der Waals surface area contributed by atoms with Crippen molar-refractivity contribution >= 4 is 17.8 Å². The van der Waals surface area contributed by atoms with Gasteiger partial charge in [-0.05, 0) is 36.8 Å². The quantitative estimate of drug-likeness (QED) is 0.754. The molecule has 2 aromatic carbocycles. The Morgan fingerprint density at radius 3 is 2.71 bits per heavy atom. The molecule has 0 atom stereocenters. The second-order valence-corrected chi connectivity index (χ2v) is 4.47. The molecule has 0 unspecified atom stereocenters. The molecular formula is C16H15FN2O2. The van der Waals surface area contributed by atoms with Crippen LogP contribution in [0.25, 0.3) is 6.08 Å². The Kier molecular flexibility index (Phi) is 4.56. The molecule has 0 spiro atoms. The highest BCUT2D eigenvalue weighted by molar-refractivity contribution is 5.91. The number of hydrogen-bond donors (Lipinski definition) is 3.